The minimum absolute atomic E-state index is 0.124. The van der Waals surface area contributed by atoms with Crippen LogP contribution in [0.3, 0.4) is 0 Å². The largest absolute Gasteiger partial charge is 0.490 e. The summed E-state index contributed by atoms with van der Waals surface area (Å²) in [6.45, 7) is 0. The van der Waals surface area contributed by atoms with Crippen LogP contribution in [0.2, 0.25) is 0 Å². The molecule has 1 heterocycles. The van der Waals surface area contributed by atoms with Crippen molar-refractivity contribution >= 4 is 21.8 Å². The minimum Gasteiger partial charge on any atom is -0.490 e. The number of ether oxygens (including phenoxy) is 1. The molecule has 0 unspecified atom stereocenters. The smallest absolute Gasteiger partial charge is 0.270 e. The van der Waals surface area contributed by atoms with E-state index in [0.717, 1.165) is 35.9 Å². The Morgan fingerprint density at radius 3 is 2.68 bits per heavy atom. The number of nitrogens with one attached hydrogen (secondary N) is 1. The summed E-state index contributed by atoms with van der Waals surface area (Å²) in [7, 11) is 0. The van der Waals surface area contributed by atoms with Gasteiger partial charge < -0.3 is 10.1 Å². The number of aromatic nitrogens is 1. The first-order chi connectivity index (χ1) is 12.2. The Hall–Kier alpha value is -2.39. The van der Waals surface area contributed by atoms with E-state index in [1.165, 1.54) is 0 Å². The quantitative estimate of drug-likeness (QED) is 0.847. The number of hydrogen-bond donors (Lipinski definition) is 1. The lowest BCUT2D eigenvalue weighted by atomic mass is 9.93. The molecule has 1 fully saturated rings. The predicted molar refractivity (Wildman–Crippen MR) is 97.2 cm³/mol. The molecule has 1 amide bonds. The van der Waals surface area contributed by atoms with E-state index in [-0.39, 0.29) is 18.1 Å². The van der Waals surface area contributed by atoms with Gasteiger partial charge in [-0.25, -0.2) is 0 Å². The molecule has 25 heavy (non-hydrogen) atoms. The Bertz CT molecular complexity index is 781. The Morgan fingerprint density at radius 2 is 2.04 bits per heavy atom. The van der Waals surface area contributed by atoms with Crippen molar-refractivity contribution in [2.24, 2.45) is 0 Å². The highest BCUT2D eigenvalue weighted by atomic mass is 79.9. The first-order valence-corrected chi connectivity index (χ1v) is 9.03. The molecular weight excluding hydrogens is 382 g/mol. The van der Waals surface area contributed by atoms with Crippen molar-refractivity contribution in [1.82, 2.24) is 10.3 Å². The second-order valence-electron chi connectivity index (χ2n) is 6.03. The summed E-state index contributed by atoms with van der Waals surface area (Å²) in [5.74, 6) is 0.632. The fourth-order valence-electron chi connectivity index (χ4n) is 2.93. The summed E-state index contributed by atoms with van der Waals surface area (Å²) in [5, 5.41) is 12.0. The van der Waals surface area contributed by atoms with E-state index < -0.39 is 0 Å². The van der Waals surface area contributed by atoms with Crippen LogP contribution in [0.4, 0.5) is 0 Å². The molecule has 1 aromatic carbocycles. The van der Waals surface area contributed by atoms with Crippen LogP contribution in [0.25, 0.3) is 0 Å². The Kier molecular flexibility index (Phi) is 5.67. The average Bonchev–Trinajstić information content (AvgIpc) is 2.64. The molecule has 0 aliphatic heterocycles. The number of hydrogen-bond acceptors (Lipinski definition) is 4. The molecule has 5 nitrogen and oxygen atoms in total. The standard InChI is InChI=1S/C19H18BrN3O2/c20-17-11-16(7-4-13(17)12-21)25-15-8-5-14(6-9-15)23-19(24)18-3-1-2-10-22-18/h1-4,7,10-11,14-15H,5-6,8-9H2,(H,23,24)/t14-,15-. The molecule has 6 heteroatoms. The molecule has 1 N–H and O–H groups in total. The van der Waals surface area contributed by atoms with Crippen LogP contribution in [0, 0.1) is 11.3 Å². The molecule has 3 rings (SSSR count). The normalized spacial score (nSPS) is 19.7. The summed E-state index contributed by atoms with van der Waals surface area (Å²) in [6.07, 6.45) is 5.26. The van der Waals surface area contributed by atoms with Gasteiger partial charge >= 0.3 is 0 Å². The average molecular weight is 400 g/mol. The highest BCUT2D eigenvalue weighted by Crippen LogP contribution is 2.27. The van der Waals surface area contributed by atoms with E-state index in [1.807, 2.05) is 18.2 Å². The highest BCUT2D eigenvalue weighted by molar-refractivity contribution is 9.10. The van der Waals surface area contributed by atoms with Gasteiger partial charge in [0.05, 0.1) is 11.7 Å². The van der Waals surface area contributed by atoms with Crippen LogP contribution in [0.15, 0.2) is 47.1 Å². The predicted octanol–water partition coefficient (Wildman–Crippen LogP) is 3.84. The third-order valence-corrected chi connectivity index (χ3v) is 4.93. The SMILES string of the molecule is N#Cc1ccc(O[C@H]2CC[C@H](NC(=O)c3ccccn3)CC2)cc1Br. The van der Waals surface area contributed by atoms with E-state index in [4.69, 9.17) is 10.00 Å². The zero-order valence-corrected chi connectivity index (χ0v) is 15.2. The van der Waals surface area contributed by atoms with Gasteiger partial charge in [0.25, 0.3) is 5.91 Å². The van der Waals surface area contributed by atoms with E-state index in [0.29, 0.717) is 11.3 Å². The number of pyridine rings is 1. The lowest BCUT2D eigenvalue weighted by Gasteiger charge is -2.29. The molecule has 128 valence electrons. The number of nitrogens with zero attached hydrogens (tertiary/aromatic N) is 2. The first-order valence-electron chi connectivity index (χ1n) is 8.24. The van der Waals surface area contributed by atoms with Gasteiger partial charge in [0.1, 0.15) is 17.5 Å². The lowest BCUT2D eigenvalue weighted by molar-refractivity contribution is 0.0889. The van der Waals surface area contributed by atoms with Crippen LogP contribution in [-0.2, 0) is 0 Å². The van der Waals surface area contributed by atoms with Crippen molar-refractivity contribution in [2.75, 3.05) is 0 Å². The topological polar surface area (TPSA) is 75.0 Å². The maximum Gasteiger partial charge on any atom is 0.270 e. The van der Waals surface area contributed by atoms with Crippen molar-refractivity contribution in [1.29, 1.82) is 5.26 Å². The number of carbonyl (C=O) groups is 1. The van der Waals surface area contributed by atoms with Crippen molar-refractivity contribution in [2.45, 2.75) is 37.8 Å². The van der Waals surface area contributed by atoms with Crippen LogP contribution in [0.1, 0.15) is 41.7 Å². The van der Waals surface area contributed by atoms with Crippen LogP contribution < -0.4 is 10.1 Å². The summed E-state index contributed by atoms with van der Waals surface area (Å²) in [4.78, 5) is 16.2. The van der Waals surface area contributed by atoms with Crippen LogP contribution >= 0.6 is 15.9 Å². The van der Waals surface area contributed by atoms with E-state index >= 15 is 0 Å². The van der Waals surface area contributed by atoms with Crippen LogP contribution in [-0.4, -0.2) is 23.0 Å². The zero-order chi connectivity index (χ0) is 17.6. The number of benzene rings is 1. The van der Waals surface area contributed by atoms with Crippen molar-refractivity contribution in [3.05, 3.63) is 58.3 Å². The third-order valence-electron chi connectivity index (χ3n) is 4.27. The minimum atomic E-state index is -0.124. The molecule has 1 aliphatic rings. The van der Waals surface area contributed by atoms with Crippen molar-refractivity contribution in [3.8, 4) is 11.8 Å². The molecule has 1 aliphatic carbocycles. The Morgan fingerprint density at radius 1 is 1.24 bits per heavy atom. The summed E-state index contributed by atoms with van der Waals surface area (Å²) < 4.78 is 6.75. The second-order valence-corrected chi connectivity index (χ2v) is 6.89. The number of nitriles is 1. The molecule has 0 atom stereocenters. The van der Waals surface area contributed by atoms with E-state index in [2.05, 4.69) is 32.3 Å². The third kappa shape index (κ3) is 4.58. The molecule has 0 radical (unpaired) electrons. The molecule has 0 bridgehead atoms. The fourth-order valence-corrected chi connectivity index (χ4v) is 3.38. The van der Waals surface area contributed by atoms with Gasteiger partial charge in [-0.15, -0.1) is 0 Å². The van der Waals surface area contributed by atoms with Gasteiger partial charge in [-0.2, -0.15) is 5.26 Å². The van der Waals surface area contributed by atoms with Crippen LogP contribution in [0.5, 0.6) is 5.75 Å². The Labute approximate surface area is 155 Å². The van der Waals surface area contributed by atoms with Gasteiger partial charge in [-0.05, 0) is 71.9 Å². The second kappa shape index (κ2) is 8.13. The van der Waals surface area contributed by atoms with Crippen molar-refractivity contribution < 1.29 is 9.53 Å². The molecule has 1 saturated carbocycles. The van der Waals surface area contributed by atoms with Gasteiger partial charge in [-0.3, -0.25) is 9.78 Å². The molecule has 0 saturated heterocycles. The molecule has 2 aromatic rings. The monoisotopic (exact) mass is 399 g/mol. The number of rotatable bonds is 4. The lowest BCUT2D eigenvalue weighted by Crippen LogP contribution is -2.40. The van der Waals surface area contributed by atoms with Gasteiger partial charge in [-0.1, -0.05) is 6.07 Å². The summed E-state index contributed by atoms with van der Waals surface area (Å²) in [5.41, 5.74) is 1.04. The number of halogens is 1. The molecular formula is C19H18BrN3O2. The first kappa shape index (κ1) is 17.4. The highest BCUT2D eigenvalue weighted by Gasteiger charge is 2.24. The summed E-state index contributed by atoms with van der Waals surface area (Å²) in [6, 6.07) is 13.0. The van der Waals surface area contributed by atoms with Crippen molar-refractivity contribution in [3.63, 3.8) is 0 Å². The number of amides is 1. The summed E-state index contributed by atoms with van der Waals surface area (Å²) >= 11 is 3.38. The number of carbonyl (C=O) groups excluding carboxylic acids is 1. The van der Waals surface area contributed by atoms with Gasteiger partial charge in [0, 0.05) is 16.7 Å². The van der Waals surface area contributed by atoms with E-state index in [9.17, 15) is 4.79 Å². The van der Waals surface area contributed by atoms with Gasteiger partial charge in [0.2, 0.25) is 0 Å². The fraction of sp³-hybridized carbons (Fsp3) is 0.316. The Balaban J connectivity index is 1.50. The maximum atomic E-state index is 12.1. The van der Waals surface area contributed by atoms with E-state index in [1.54, 1.807) is 24.4 Å². The molecule has 0 spiro atoms. The maximum absolute atomic E-state index is 12.1. The zero-order valence-electron chi connectivity index (χ0n) is 13.6. The molecule has 1 aromatic heterocycles. The van der Waals surface area contributed by atoms with Gasteiger partial charge in [0.15, 0.2) is 0 Å².